The number of thiophene rings is 1. The van der Waals surface area contributed by atoms with Crippen LogP contribution < -0.4 is 10.6 Å². The Balaban J connectivity index is 1.45. The van der Waals surface area contributed by atoms with Gasteiger partial charge in [0.1, 0.15) is 6.04 Å². The van der Waals surface area contributed by atoms with E-state index in [1.54, 1.807) is 12.1 Å². The molecule has 0 unspecified atom stereocenters. The molecule has 0 spiro atoms. The monoisotopic (exact) mass is 546 g/mol. The van der Waals surface area contributed by atoms with Crippen molar-refractivity contribution >= 4 is 39.0 Å². The molecule has 2 atom stereocenters. The first-order chi connectivity index (χ1) is 17.8. The maximum Gasteiger partial charge on any atom is 0.262 e. The molecule has 9 nitrogen and oxygen atoms in total. The van der Waals surface area contributed by atoms with E-state index in [0.29, 0.717) is 30.1 Å². The Kier molecular flexibility index (Phi) is 9.09. The molecule has 1 aliphatic heterocycles. The zero-order valence-corrected chi connectivity index (χ0v) is 22.7. The van der Waals surface area contributed by atoms with Gasteiger partial charge in [0, 0.05) is 12.7 Å². The van der Waals surface area contributed by atoms with Crippen LogP contribution >= 0.6 is 11.3 Å². The zero-order valence-electron chi connectivity index (χ0n) is 21.0. The second-order valence-electron chi connectivity index (χ2n) is 9.87. The fraction of sp³-hybridized carbons (Fsp3) is 0.538. The van der Waals surface area contributed by atoms with Crippen LogP contribution in [0.4, 0.5) is 0 Å². The third-order valence-corrected chi connectivity index (χ3v) is 9.94. The minimum absolute atomic E-state index is 0.107. The van der Waals surface area contributed by atoms with Crippen molar-refractivity contribution in [3.8, 4) is 0 Å². The second kappa shape index (κ2) is 12.3. The highest BCUT2D eigenvalue weighted by atomic mass is 32.2. The van der Waals surface area contributed by atoms with Gasteiger partial charge in [0.05, 0.1) is 17.5 Å². The van der Waals surface area contributed by atoms with Gasteiger partial charge in [-0.25, -0.2) is 13.4 Å². The molecule has 1 aliphatic carbocycles. The zero-order chi connectivity index (χ0) is 26.4. The normalized spacial score (nSPS) is 20.7. The van der Waals surface area contributed by atoms with E-state index in [0.717, 1.165) is 35.6 Å². The Morgan fingerprint density at radius 3 is 2.59 bits per heavy atom. The maximum absolute atomic E-state index is 13.4. The molecule has 37 heavy (non-hydrogen) atoms. The maximum atomic E-state index is 13.4. The molecule has 2 fully saturated rings. The number of sulfonamides is 1. The van der Waals surface area contributed by atoms with Crippen LogP contribution in [0.15, 0.2) is 40.9 Å². The molecule has 0 aromatic carbocycles. The molecular formula is C26H34N4O5S2. The predicted molar refractivity (Wildman–Crippen MR) is 141 cm³/mol. The van der Waals surface area contributed by atoms with E-state index >= 15 is 0 Å². The van der Waals surface area contributed by atoms with Gasteiger partial charge in [-0.05, 0) is 61.2 Å². The topological polar surface area (TPSA) is 126 Å². The molecule has 11 heteroatoms. The van der Waals surface area contributed by atoms with Crippen LogP contribution in [0.3, 0.4) is 0 Å². The van der Waals surface area contributed by atoms with Crippen LogP contribution in [-0.4, -0.2) is 60.5 Å². The Bertz CT molecular complexity index is 1210. The van der Waals surface area contributed by atoms with Gasteiger partial charge in [-0.3, -0.25) is 14.4 Å². The summed E-state index contributed by atoms with van der Waals surface area (Å²) in [6.45, 7) is 1.69. The standard InChI is InChI=1S/C26H34N4O5S2/c1-18-12-15-36-24(18)26(33)29-21(16-19-8-3-2-4-9-19)25(32)28-20-10-7-14-30(17-22(20)31)37(34,35)23-11-5-6-13-27-23/h5-6,11-13,15,19-21H,2-4,7-10,14,16-17H2,1H3,(H,28,32)(H,29,33)/t20-,21+/m1/s1. The predicted octanol–water partition coefficient (Wildman–Crippen LogP) is 3.06. The van der Waals surface area contributed by atoms with Crippen molar-refractivity contribution in [2.75, 3.05) is 13.1 Å². The van der Waals surface area contributed by atoms with Gasteiger partial charge in [-0.2, -0.15) is 4.31 Å². The number of hydrogen-bond donors (Lipinski definition) is 2. The van der Waals surface area contributed by atoms with Crippen molar-refractivity contribution in [2.45, 2.75) is 75.4 Å². The van der Waals surface area contributed by atoms with Crippen LogP contribution in [0, 0.1) is 12.8 Å². The van der Waals surface area contributed by atoms with Crippen LogP contribution in [0.25, 0.3) is 0 Å². The number of hydrogen-bond acceptors (Lipinski definition) is 7. The number of nitrogens with zero attached hydrogens (tertiary/aromatic N) is 2. The van der Waals surface area contributed by atoms with Crippen LogP contribution in [0.5, 0.6) is 0 Å². The number of carbonyl (C=O) groups is 3. The Morgan fingerprint density at radius 1 is 1.14 bits per heavy atom. The summed E-state index contributed by atoms with van der Waals surface area (Å²) < 4.78 is 27.1. The first-order valence-corrected chi connectivity index (χ1v) is 15.2. The molecule has 2 aromatic heterocycles. The summed E-state index contributed by atoms with van der Waals surface area (Å²) in [7, 11) is -3.92. The summed E-state index contributed by atoms with van der Waals surface area (Å²) >= 11 is 1.33. The van der Waals surface area contributed by atoms with Crippen LogP contribution in [0.1, 0.15) is 66.6 Å². The van der Waals surface area contributed by atoms with Crippen LogP contribution in [-0.2, 0) is 19.6 Å². The lowest BCUT2D eigenvalue weighted by molar-refractivity contribution is -0.129. The highest BCUT2D eigenvalue weighted by molar-refractivity contribution is 7.89. The van der Waals surface area contributed by atoms with Crippen molar-refractivity contribution in [1.29, 1.82) is 0 Å². The Labute approximate surface area is 222 Å². The van der Waals surface area contributed by atoms with Gasteiger partial charge in [0.25, 0.3) is 15.9 Å². The third-order valence-electron chi connectivity index (χ3n) is 7.16. The number of ketones is 1. The molecule has 3 heterocycles. The van der Waals surface area contributed by atoms with Gasteiger partial charge in [0.15, 0.2) is 10.8 Å². The summed E-state index contributed by atoms with van der Waals surface area (Å²) in [4.78, 5) is 44.0. The van der Waals surface area contributed by atoms with E-state index in [2.05, 4.69) is 15.6 Å². The summed E-state index contributed by atoms with van der Waals surface area (Å²) in [5, 5.41) is 7.49. The van der Waals surface area contributed by atoms with Gasteiger partial charge in [-0.1, -0.05) is 38.2 Å². The Hall–Kier alpha value is -2.63. The lowest BCUT2D eigenvalue weighted by atomic mass is 9.84. The molecule has 4 rings (SSSR count). The third kappa shape index (κ3) is 6.82. The smallest absolute Gasteiger partial charge is 0.262 e. The molecule has 200 valence electrons. The van der Waals surface area contributed by atoms with E-state index < -0.39 is 28.0 Å². The van der Waals surface area contributed by atoms with Gasteiger partial charge in [-0.15, -0.1) is 11.3 Å². The molecule has 0 radical (unpaired) electrons. The average molecular weight is 547 g/mol. The fourth-order valence-electron chi connectivity index (χ4n) is 5.07. The molecule has 0 bridgehead atoms. The Morgan fingerprint density at radius 2 is 1.92 bits per heavy atom. The molecule has 1 saturated heterocycles. The molecule has 1 saturated carbocycles. The molecule has 2 N–H and O–H groups in total. The number of pyridine rings is 1. The summed E-state index contributed by atoms with van der Waals surface area (Å²) in [5.74, 6) is -0.726. The quantitative estimate of drug-likeness (QED) is 0.524. The molecule has 2 amide bonds. The summed E-state index contributed by atoms with van der Waals surface area (Å²) in [6.07, 6.45) is 8.08. The SMILES string of the molecule is Cc1ccsc1C(=O)N[C@@H](CC1CCCCC1)C(=O)N[C@@H]1CCCN(S(=O)(=O)c2ccccn2)CC1=O. The fourth-order valence-corrected chi connectivity index (χ4v) is 7.28. The minimum Gasteiger partial charge on any atom is -0.344 e. The lowest BCUT2D eigenvalue weighted by Gasteiger charge is -2.28. The second-order valence-corrected chi connectivity index (χ2v) is 12.7. The van der Waals surface area contributed by atoms with Gasteiger partial charge < -0.3 is 10.6 Å². The largest absolute Gasteiger partial charge is 0.344 e. The van der Waals surface area contributed by atoms with Crippen molar-refractivity contribution in [2.24, 2.45) is 5.92 Å². The first kappa shape index (κ1) is 27.4. The van der Waals surface area contributed by atoms with Gasteiger partial charge >= 0.3 is 0 Å². The number of rotatable bonds is 8. The first-order valence-electron chi connectivity index (χ1n) is 12.8. The highest BCUT2D eigenvalue weighted by Gasteiger charge is 2.35. The van der Waals surface area contributed by atoms with E-state index in [1.807, 2.05) is 18.4 Å². The molecular weight excluding hydrogens is 512 g/mol. The van der Waals surface area contributed by atoms with Crippen molar-refractivity contribution in [3.05, 3.63) is 46.3 Å². The number of nitrogens with one attached hydrogen (secondary N) is 2. The minimum atomic E-state index is -3.92. The number of carbonyl (C=O) groups excluding carboxylic acids is 3. The summed E-state index contributed by atoms with van der Waals surface area (Å²) in [5.41, 5.74) is 0.854. The highest BCUT2D eigenvalue weighted by Crippen LogP contribution is 2.28. The number of aryl methyl sites for hydroxylation is 1. The average Bonchev–Trinajstić information content (AvgIpc) is 3.24. The van der Waals surface area contributed by atoms with Crippen LogP contribution in [0.2, 0.25) is 0 Å². The lowest BCUT2D eigenvalue weighted by Crippen LogP contribution is -2.53. The number of aromatic nitrogens is 1. The molecule has 2 aliphatic rings. The summed E-state index contributed by atoms with van der Waals surface area (Å²) in [6, 6.07) is 4.90. The van der Waals surface area contributed by atoms with Crippen molar-refractivity contribution in [3.63, 3.8) is 0 Å². The number of amides is 2. The van der Waals surface area contributed by atoms with E-state index in [9.17, 15) is 22.8 Å². The van der Waals surface area contributed by atoms with Gasteiger partial charge in [0.2, 0.25) is 5.91 Å². The van der Waals surface area contributed by atoms with E-state index in [4.69, 9.17) is 0 Å². The molecule has 2 aromatic rings. The number of Topliss-reactive ketones (excluding diaryl/α,β-unsaturated/α-hetero) is 1. The van der Waals surface area contributed by atoms with Crippen molar-refractivity contribution in [1.82, 2.24) is 19.9 Å². The van der Waals surface area contributed by atoms with Crippen molar-refractivity contribution < 1.29 is 22.8 Å². The van der Waals surface area contributed by atoms with E-state index in [1.165, 1.54) is 30.0 Å². The van der Waals surface area contributed by atoms with E-state index in [-0.39, 0.29) is 29.8 Å².